The maximum Gasteiger partial charge on any atom is 0.181 e. The van der Waals surface area contributed by atoms with E-state index in [1.54, 1.807) is 23.0 Å². The molecule has 0 unspecified atom stereocenters. The van der Waals surface area contributed by atoms with Gasteiger partial charge in [0.25, 0.3) is 0 Å². The molecule has 0 aliphatic heterocycles. The second-order valence-corrected chi connectivity index (χ2v) is 3.55. The van der Waals surface area contributed by atoms with Crippen molar-refractivity contribution in [1.82, 2.24) is 4.57 Å². The number of benzene rings is 1. The number of nitrogen functional groups attached to an aromatic ring is 2. The molecular formula is C12H10N4O. The number of pyridine rings is 1. The molecule has 0 fully saturated rings. The van der Waals surface area contributed by atoms with Gasteiger partial charge in [0.05, 0.1) is 22.6 Å². The Hall–Kier alpha value is -2.74. The highest BCUT2D eigenvalue weighted by Gasteiger charge is 2.06. The molecule has 0 saturated carbocycles. The zero-order valence-electron chi connectivity index (χ0n) is 8.92. The van der Waals surface area contributed by atoms with Gasteiger partial charge in [0.15, 0.2) is 5.43 Å². The fraction of sp³-hybridized carbons (Fsp3) is 0. The summed E-state index contributed by atoms with van der Waals surface area (Å²) in [5.41, 5.74) is 13.0. The van der Waals surface area contributed by atoms with Crippen LogP contribution >= 0.6 is 0 Å². The molecule has 17 heavy (non-hydrogen) atoms. The molecule has 2 aromatic rings. The molecular weight excluding hydrogens is 216 g/mol. The van der Waals surface area contributed by atoms with Gasteiger partial charge in [-0.2, -0.15) is 5.26 Å². The minimum atomic E-state index is -0.0943. The Labute approximate surface area is 97.5 Å². The monoisotopic (exact) mass is 226 g/mol. The van der Waals surface area contributed by atoms with Crippen LogP contribution in [-0.2, 0) is 0 Å². The van der Waals surface area contributed by atoms with E-state index in [9.17, 15) is 4.79 Å². The third-order valence-electron chi connectivity index (χ3n) is 2.40. The van der Waals surface area contributed by atoms with E-state index in [0.717, 1.165) is 0 Å². The Morgan fingerprint density at radius 2 is 1.71 bits per heavy atom. The quantitative estimate of drug-likeness (QED) is 0.705. The Morgan fingerprint density at radius 1 is 1.12 bits per heavy atom. The predicted octanol–water partition coefficient (Wildman–Crippen LogP) is 0.874. The van der Waals surface area contributed by atoms with Crippen molar-refractivity contribution in [2.24, 2.45) is 0 Å². The first-order valence-electron chi connectivity index (χ1n) is 4.89. The van der Waals surface area contributed by atoms with Gasteiger partial charge in [-0.3, -0.25) is 4.79 Å². The molecule has 2 rings (SSSR count). The fourth-order valence-electron chi connectivity index (χ4n) is 1.50. The minimum Gasteiger partial charge on any atom is -0.397 e. The van der Waals surface area contributed by atoms with E-state index in [4.69, 9.17) is 16.7 Å². The van der Waals surface area contributed by atoms with E-state index >= 15 is 0 Å². The zero-order chi connectivity index (χ0) is 12.4. The van der Waals surface area contributed by atoms with Crippen molar-refractivity contribution in [3.63, 3.8) is 0 Å². The summed E-state index contributed by atoms with van der Waals surface area (Å²) < 4.78 is 1.65. The first-order chi connectivity index (χ1) is 8.11. The molecule has 1 aromatic carbocycles. The summed E-state index contributed by atoms with van der Waals surface area (Å²) in [5, 5.41) is 9.03. The number of rotatable bonds is 1. The van der Waals surface area contributed by atoms with E-state index in [2.05, 4.69) is 0 Å². The van der Waals surface area contributed by atoms with Crippen LogP contribution < -0.4 is 16.9 Å². The van der Waals surface area contributed by atoms with Crippen LogP contribution in [0.3, 0.4) is 0 Å². The van der Waals surface area contributed by atoms with Crippen molar-refractivity contribution in [2.75, 3.05) is 11.5 Å². The van der Waals surface area contributed by atoms with Gasteiger partial charge >= 0.3 is 0 Å². The van der Waals surface area contributed by atoms with Gasteiger partial charge in [-0.05, 0) is 12.1 Å². The second-order valence-electron chi connectivity index (χ2n) is 3.55. The lowest BCUT2D eigenvalue weighted by Crippen LogP contribution is -2.05. The Bertz CT molecular complexity index is 647. The lowest BCUT2D eigenvalue weighted by Gasteiger charge is -2.10. The SMILES string of the molecule is N#Cc1cc(N)c(N)cc1-n1ccc(=O)cc1. The van der Waals surface area contributed by atoms with E-state index in [1.165, 1.54) is 18.2 Å². The van der Waals surface area contributed by atoms with Gasteiger partial charge in [0.2, 0.25) is 0 Å². The Balaban J connectivity index is 2.67. The summed E-state index contributed by atoms with van der Waals surface area (Å²) in [4.78, 5) is 11.0. The molecule has 5 nitrogen and oxygen atoms in total. The van der Waals surface area contributed by atoms with E-state index in [1.807, 2.05) is 6.07 Å². The van der Waals surface area contributed by atoms with Crippen LogP contribution in [0.2, 0.25) is 0 Å². The number of aromatic nitrogens is 1. The van der Waals surface area contributed by atoms with Gasteiger partial charge in [-0.25, -0.2) is 0 Å². The molecule has 0 aliphatic carbocycles. The number of anilines is 2. The normalized spacial score (nSPS) is 9.82. The van der Waals surface area contributed by atoms with Crippen LogP contribution in [-0.4, -0.2) is 4.57 Å². The summed E-state index contributed by atoms with van der Waals surface area (Å²) in [7, 11) is 0. The minimum absolute atomic E-state index is 0.0943. The molecule has 0 radical (unpaired) electrons. The first-order valence-corrected chi connectivity index (χ1v) is 4.89. The van der Waals surface area contributed by atoms with Gasteiger partial charge in [0.1, 0.15) is 6.07 Å². The topological polar surface area (TPSA) is 97.8 Å². The van der Waals surface area contributed by atoms with Crippen LogP contribution in [0.25, 0.3) is 5.69 Å². The second kappa shape index (κ2) is 4.02. The van der Waals surface area contributed by atoms with E-state index in [0.29, 0.717) is 22.6 Å². The van der Waals surface area contributed by atoms with Gasteiger partial charge in [0, 0.05) is 24.5 Å². The van der Waals surface area contributed by atoms with Crippen LogP contribution in [0.1, 0.15) is 5.56 Å². The highest BCUT2D eigenvalue weighted by atomic mass is 16.1. The van der Waals surface area contributed by atoms with Crippen LogP contribution in [0.5, 0.6) is 0 Å². The molecule has 0 atom stereocenters. The van der Waals surface area contributed by atoms with E-state index < -0.39 is 0 Å². The number of nitriles is 1. The molecule has 0 saturated heterocycles. The van der Waals surface area contributed by atoms with Crippen molar-refractivity contribution >= 4 is 11.4 Å². The van der Waals surface area contributed by atoms with Gasteiger partial charge in [-0.1, -0.05) is 0 Å². The average molecular weight is 226 g/mol. The smallest absolute Gasteiger partial charge is 0.181 e. The molecule has 0 amide bonds. The Morgan fingerprint density at radius 3 is 2.29 bits per heavy atom. The van der Waals surface area contributed by atoms with E-state index in [-0.39, 0.29) is 5.43 Å². The average Bonchev–Trinajstić information content (AvgIpc) is 2.33. The maximum absolute atomic E-state index is 11.0. The summed E-state index contributed by atoms with van der Waals surface area (Å²) in [5.74, 6) is 0. The number of nitrogens with two attached hydrogens (primary N) is 2. The molecule has 84 valence electrons. The maximum atomic E-state index is 11.0. The van der Waals surface area contributed by atoms with Crippen LogP contribution in [0.4, 0.5) is 11.4 Å². The number of nitrogens with zero attached hydrogens (tertiary/aromatic N) is 2. The van der Waals surface area contributed by atoms with Crippen molar-refractivity contribution in [2.45, 2.75) is 0 Å². The number of hydrogen-bond acceptors (Lipinski definition) is 4. The van der Waals surface area contributed by atoms with Crippen molar-refractivity contribution in [3.8, 4) is 11.8 Å². The molecule has 0 spiro atoms. The third-order valence-corrected chi connectivity index (χ3v) is 2.40. The van der Waals surface area contributed by atoms with Crippen LogP contribution in [0, 0.1) is 11.3 Å². The molecule has 4 N–H and O–H groups in total. The fourth-order valence-corrected chi connectivity index (χ4v) is 1.50. The summed E-state index contributed by atoms with van der Waals surface area (Å²) in [6.07, 6.45) is 3.16. The standard InChI is InChI=1S/C12H10N4O/c13-7-8-5-10(14)11(15)6-12(8)16-3-1-9(17)2-4-16/h1-6H,14-15H2. The zero-order valence-corrected chi connectivity index (χ0v) is 8.92. The van der Waals surface area contributed by atoms with Crippen molar-refractivity contribution in [3.05, 3.63) is 52.4 Å². The molecule has 1 aromatic heterocycles. The van der Waals surface area contributed by atoms with Gasteiger partial charge in [-0.15, -0.1) is 0 Å². The molecule has 0 bridgehead atoms. The number of hydrogen-bond donors (Lipinski definition) is 2. The highest BCUT2D eigenvalue weighted by molar-refractivity contribution is 5.71. The van der Waals surface area contributed by atoms with Crippen molar-refractivity contribution < 1.29 is 0 Å². The lowest BCUT2D eigenvalue weighted by molar-refractivity contribution is 1.03. The molecule has 0 aliphatic rings. The molecule has 5 heteroatoms. The Kier molecular flexibility index (Phi) is 2.55. The van der Waals surface area contributed by atoms with Crippen molar-refractivity contribution in [1.29, 1.82) is 5.26 Å². The summed E-state index contributed by atoms with van der Waals surface area (Å²) >= 11 is 0. The molecule has 1 heterocycles. The third kappa shape index (κ3) is 1.96. The summed E-state index contributed by atoms with van der Waals surface area (Å²) in [6.45, 7) is 0. The lowest BCUT2D eigenvalue weighted by atomic mass is 10.1. The highest BCUT2D eigenvalue weighted by Crippen LogP contribution is 2.23. The first kappa shape index (κ1) is 10.8. The van der Waals surface area contributed by atoms with Gasteiger partial charge < -0.3 is 16.0 Å². The van der Waals surface area contributed by atoms with Crippen LogP contribution in [0.15, 0.2) is 41.5 Å². The summed E-state index contributed by atoms with van der Waals surface area (Å²) in [6, 6.07) is 7.99. The largest absolute Gasteiger partial charge is 0.397 e. The predicted molar refractivity (Wildman–Crippen MR) is 65.6 cm³/mol.